The lowest BCUT2D eigenvalue weighted by molar-refractivity contribution is 0.124. The molecule has 1 unspecified atom stereocenters. The van der Waals surface area contributed by atoms with Gasteiger partial charge in [-0.3, -0.25) is 4.90 Å². The van der Waals surface area contributed by atoms with Gasteiger partial charge >= 0.3 is 0 Å². The van der Waals surface area contributed by atoms with Crippen LogP contribution in [0.5, 0.6) is 0 Å². The quantitative estimate of drug-likeness (QED) is 0.715. The Morgan fingerprint density at radius 1 is 1.07 bits per heavy atom. The zero-order valence-corrected chi connectivity index (χ0v) is 17.5. The van der Waals surface area contributed by atoms with E-state index < -0.39 is 10.0 Å². The summed E-state index contributed by atoms with van der Waals surface area (Å²) in [7, 11) is -3.63. The van der Waals surface area contributed by atoms with Crippen molar-refractivity contribution in [3.05, 3.63) is 64.7 Å². The molecule has 0 aromatic heterocycles. The summed E-state index contributed by atoms with van der Waals surface area (Å²) >= 11 is 6.29. The maximum atomic E-state index is 13.4. The first-order valence-electron chi connectivity index (χ1n) is 9.55. The van der Waals surface area contributed by atoms with E-state index in [1.165, 1.54) is 0 Å². The number of rotatable bonds is 6. The number of hydrogen-bond acceptors (Lipinski definition) is 3. The fourth-order valence-electron chi connectivity index (χ4n) is 3.71. The molecule has 146 valence electrons. The van der Waals surface area contributed by atoms with Gasteiger partial charge < -0.3 is 0 Å². The van der Waals surface area contributed by atoms with Crippen LogP contribution < -0.4 is 0 Å². The fraction of sp³-hybridized carbons (Fsp3) is 0.429. The van der Waals surface area contributed by atoms with Crippen molar-refractivity contribution in [3.63, 3.8) is 0 Å². The lowest BCUT2D eigenvalue weighted by atomic mass is 10.0. The van der Waals surface area contributed by atoms with Gasteiger partial charge in [0, 0.05) is 25.7 Å². The van der Waals surface area contributed by atoms with Crippen molar-refractivity contribution in [1.82, 2.24) is 9.21 Å². The van der Waals surface area contributed by atoms with Crippen molar-refractivity contribution in [2.24, 2.45) is 0 Å². The van der Waals surface area contributed by atoms with Crippen LogP contribution in [0.15, 0.2) is 53.4 Å². The monoisotopic (exact) mass is 406 g/mol. The molecule has 6 heteroatoms. The second-order valence-corrected chi connectivity index (χ2v) is 9.25. The van der Waals surface area contributed by atoms with E-state index in [0.717, 1.165) is 30.5 Å². The Kier molecular flexibility index (Phi) is 6.58. The van der Waals surface area contributed by atoms with Gasteiger partial charge in [-0.15, -0.1) is 0 Å². The molecule has 1 heterocycles. The van der Waals surface area contributed by atoms with E-state index in [1.807, 2.05) is 24.3 Å². The minimum Gasteiger partial charge on any atom is -0.294 e. The van der Waals surface area contributed by atoms with Gasteiger partial charge in [-0.2, -0.15) is 4.31 Å². The summed E-state index contributed by atoms with van der Waals surface area (Å²) < 4.78 is 28.3. The number of halogens is 1. The maximum absolute atomic E-state index is 13.4. The second-order valence-electron chi connectivity index (χ2n) is 6.93. The van der Waals surface area contributed by atoms with Crippen LogP contribution in [0.1, 0.15) is 37.4 Å². The number of aryl methyl sites for hydroxylation is 1. The molecule has 1 aliphatic heterocycles. The van der Waals surface area contributed by atoms with E-state index in [9.17, 15) is 8.42 Å². The van der Waals surface area contributed by atoms with Gasteiger partial charge in [0.2, 0.25) is 10.0 Å². The molecule has 0 spiro atoms. The summed E-state index contributed by atoms with van der Waals surface area (Å²) in [6.07, 6.45) is 1.81. The highest BCUT2D eigenvalue weighted by Crippen LogP contribution is 2.31. The lowest BCUT2D eigenvalue weighted by Crippen LogP contribution is -2.50. The highest BCUT2D eigenvalue weighted by Gasteiger charge is 2.35. The first-order chi connectivity index (χ1) is 13.0. The molecule has 0 bridgehead atoms. The average Bonchev–Trinajstić information content (AvgIpc) is 2.69. The van der Waals surface area contributed by atoms with Gasteiger partial charge in [0.15, 0.2) is 0 Å². The number of piperazine rings is 1. The Balaban J connectivity index is 1.92. The smallest absolute Gasteiger partial charge is 0.244 e. The third-order valence-electron chi connectivity index (χ3n) is 5.20. The van der Waals surface area contributed by atoms with Crippen LogP contribution in [0.2, 0.25) is 5.02 Å². The van der Waals surface area contributed by atoms with E-state index >= 15 is 0 Å². The second kappa shape index (κ2) is 8.74. The molecule has 0 aliphatic carbocycles. The van der Waals surface area contributed by atoms with Gasteiger partial charge in [-0.1, -0.05) is 68.3 Å². The van der Waals surface area contributed by atoms with Crippen LogP contribution in [0.4, 0.5) is 0 Å². The summed E-state index contributed by atoms with van der Waals surface area (Å²) in [6.45, 7) is 6.71. The minimum atomic E-state index is -3.63. The molecule has 1 atom stereocenters. The lowest BCUT2D eigenvalue weighted by Gasteiger charge is -2.40. The molecular formula is C21H27ClN2O2S. The van der Waals surface area contributed by atoms with E-state index in [-0.39, 0.29) is 10.9 Å². The normalized spacial score (nSPS) is 19.3. The maximum Gasteiger partial charge on any atom is 0.244 e. The van der Waals surface area contributed by atoms with Gasteiger partial charge in [-0.25, -0.2) is 8.42 Å². The number of likely N-dealkylation sites (N-methyl/N-ethyl adjacent to an activating group) is 1. The molecule has 1 fully saturated rings. The van der Waals surface area contributed by atoms with Crippen LogP contribution in [-0.4, -0.2) is 43.8 Å². The third kappa shape index (κ3) is 4.37. The zero-order chi connectivity index (χ0) is 19.4. The average molecular weight is 407 g/mol. The molecule has 2 aromatic carbocycles. The Bertz CT molecular complexity index is 871. The van der Waals surface area contributed by atoms with E-state index in [4.69, 9.17) is 11.6 Å². The molecule has 0 saturated carbocycles. The van der Waals surface area contributed by atoms with Crippen molar-refractivity contribution < 1.29 is 8.42 Å². The van der Waals surface area contributed by atoms with Gasteiger partial charge in [0.1, 0.15) is 4.90 Å². The summed E-state index contributed by atoms with van der Waals surface area (Å²) in [5, 5.41) is 0.295. The summed E-state index contributed by atoms with van der Waals surface area (Å²) in [4.78, 5) is 2.56. The Morgan fingerprint density at radius 3 is 2.48 bits per heavy atom. The van der Waals surface area contributed by atoms with Crippen LogP contribution in [-0.2, 0) is 16.4 Å². The molecule has 4 nitrogen and oxygen atoms in total. The molecule has 3 rings (SSSR count). The van der Waals surface area contributed by atoms with Crippen LogP contribution in [0.25, 0.3) is 0 Å². The highest BCUT2D eigenvalue weighted by atomic mass is 35.5. The first kappa shape index (κ1) is 20.3. The number of benzene rings is 2. The molecule has 27 heavy (non-hydrogen) atoms. The third-order valence-corrected chi connectivity index (χ3v) is 7.54. The standard InChI is InChI=1S/C21H27ClN2O2S/c1-3-8-17-11-12-19(22)21(15-17)27(25,26)24-14-13-23(4-2)20(16-24)18-9-6-5-7-10-18/h5-7,9-12,15,20H,3-4,8,13-14,16H2,1-2H3. The van der Waals surface area contributed by atoms with Crippen molar-refractivity contribution >= 4 is 21.6 Å². The highest BCUT2D eigenvalue weighted by molar-refractivity contribution is 7.89. The van der Waals surface area contributed by atoms with E-state index in [1.54, 1.807) is 16.4 Å². The predicted octanol–water partition coefficient (Wildman–Crippen LogP) is 4.36. The van der Waals surface area contributed by atoms with Crippen LogP contribution in [0, 0.1) is 0 Å². The molecule has 0 N–H and O–H groups in total. The van der Waals surface area contributed by atoms with Crippen molar-refractivity contribution in [3.8, 4) is 0 Å². The number of nitrogens with zero attached hydrogens (tertiary/aromatic N) is 2. The van der Waals surface area contributed by atoms with Gasteiger partial charge in [0.05, 0.1) is 5.02 Å². The molecule has 0 amide bonds. The van der Waals surface area contributed by atoms with E-state index in [0.29, 0.717) is 24.7 Å². The Morgan fingerprint density at radius 2 is 1.81 bits per heavy atom. The molecule has 0 radical (unpaired) electrons. The summed E-state index contributed by atoms with van der Waals surface area (Å²) in [5.74, 6) is 0. The van der Waals surface area contributed by atoms with Crippen molar-refractivity contribution in [2.75, 3.05) is 26.2 Å². The summed E-state index contributed by atoms with van der Waals surface area (Å²) in [5.41, 5.74) is 2.15. The molecule has 1 aliphatic rings. The van der Waals surface area contributed by atoms with Crippen LogP contribution in [0.3, 0.4) is 0 Å². The van der Waals surface area contributed by atoms with Gasteiger partial charge in [-0.05, 0) is 36.2 Å². The summed E-state index contributed by atoms with van der Waals surface area (Å²) in [6, 6.07) is 15.5. The number of hydrogen-bond donors (Lipinski definition) is 0. The van der Waals surface area contributed by atoms with Crippen LogP contribution >= 0.6 is 11.6 Å². The first-order valence-corrected chi connectivity index (χ1v) is 11.4. The molecule has 1 saturated heterocycles. The predicted molar refractivity (Wildman–Crippen MR) is 111 cm³/mol. The molecule has 2 aromatic rings. The number of sulfonamides is 1. The Labute approximate surface area is 167 Å². The zero-order valence-electron chi connectivity index (χ0n) is 15.9. The minimum absolute atomic E-state index is 0.0531. The molecular weight excluding hydrogens is 380 g/mol. The van der Waals surface area contributed by atoms with E-state index in [2.05, 4.69) is 30.9 Å². The van der Waals surface area contributed by atoms with Crippen molar-refractivity contribution in [2.45, 2.75) is 37.6 Å². The Hall–Kier alpha value is -1.40. The SMILES string of the molecule is CCCc1ccc(Cl)c(S(=O)(=O)N2CCN(CC)C(c3ccccc3)C2)c1. The fourth-order valence-corrected chi connectivity index (χ4v) is 5.67. The van der Waals surface area contributed by atoms with Crippen molar-refractivity contribution in [1.29, 1.82) is 0 Å². The largest absolute Gasteiger partial charge is 0.294 e. The van der Waals surface area contributed by atoms with Gasteiger partial charge in [0.25, 0.3) is 0 Å². The topological polar surface area (TPSA) is 40.6 Å².